The van der Waals surface area contributed by atoms with E-state index in [4.69, 9.17) is 11.6 Å². The van der Waals surface area contributed by atoms with Gasteiger partial charge in [-0.15, -0.1) is 0 Å². The molecule has 33 heavy (non-hydrogen) atoms. The van der Waals surface area contributed by atoms with Crippen LogP contribution in [-0.2, 0) is 6.18 Å². The maximum Gasteiger partial charge on any atom is 0.422 e. The zero-order valence-corrected chi connectivity index (χ0v) is 17.7. The molecular formula is C20H18ClF3N4O5. The molecule has 4 heterocycles. The number of amides is 1. The molecule has 2 aliphatic rings. The number of alkyl halides is 3. The van der Waals surface area contributed by atoms with E-state index in [1.807, 2.05) is 0 Å². The standard InChI is InChI=1S/C20H18ClF3N4O5/c21-16-15(25-17-11(20(22,23)24)5-10(6-27(16)17)9-1-2-9)18(31)26-4-3-12(13(29)7-26)28-14(30)8-33-19(28)32/h5-6,8-9,12-13,29-30H,1-4,7H2/t12-,13-/m0/s1. The van der Waals surface area contributed by atoms with Gasteiger partial charge in [0.25, 0.3) is 5.91 Å². The number of hydrogen-bond donors (Lipinski definition) is 2. The first kappa shape index (κ1) is 21.8. The molecule has 0 unspecified atom stereocenters. The van der Waals surface area contributed by atoms with Gasteiger partial charge in [0.15, 0.2) is 17.6 Å². The summed E-state index contributed by atoms with van der Waals surface area (Å²) >= 11 is 6.31. The van der Waals surface area contributed by atoms with Crippen molar-refractivity contribution in [3.63, 3.8) is 0 Å². The molecule has 1 aliphatic carbocycles. The van der Waals surface area contributed by atoms with Gasteiger partial charge in [0.05, 0.1) is 17.7 Å². The number of aromatic nitrogens is 3. The predicted octanol–water partition coefficient (Wildman–Crippen LogP) is 2.79. The van der Waals surface area contributed by atoms with E-state index in [1.165, 1.54) is 11.1 Å². The van der Waals surface area contributed by atoms with Crippen molar-refractivity contribution in [3.8, 4) is 5.88 Å². The molecule has 1 saturated heterocycles. The summed E-state index contributed by atoms with van der Waals surface area (Å²) in [5.41, 5.74) is -1.31. The molecule has 0 spiro atoms. The average Bonchev–Trinajstić information content (AvgIpc) is 3.49. The molecule has 0 radical (unpaired) electrons. The number of β-amino-alcohol motifs (C(OH)–C–C–N with tert-alkyl or cyclic N) is 1. The topological polar surface area (TPSA) is 113 Å². The quantitative estimate of drug-likeness (QED) is 0.588. The van der Waals surface area contributed by atoms with Gasteiger partial charge >= 0.3 is 11.9 Å². The monoisotopic (exact) mass is 486 g/mol. The fourth-order valence-corrected chi connectivity index (χ4v) is 4.55. The van der Waals surface area contributed by atoms with Crippen LogP contribution in [0.4, 0.5) is 13.2 Å². The molecule has 1 aliphatic heterocycles. The number of aliphatic hydroxyl groups is 1. The second-order valence-corrected chi connectivity index (χ2v) is 8.67. The van der Waals surface area contributed by atoms with Crippen LogP contribution in [0, 0.1) is 0 Å². The molecule has 9 nitrogen and oxygen atoms in total. The first-order chi connectivity index (χ1) is 15.6. The second kappa shape index (κ2) is 7.52. The molecule has 0 bridgehead atoms. The number of halogens is 4. The number of carbonyl (C=O) groups excluding carboxylic acids is 1. The minimum absolute atomic E-state index is 0.0186. The number of fused-ring (bicyclic) bond motifs is 1. The lowest BCUT2D eigenvalue weighted by Crippen LogP contribution is -2.48. The van der Waals surface area contributed by atoms with Gasteiger partial charge in [0, 0.05) is 19.3 Å². The molecule has 1 saturated carbocycles. The van der Waals surface area contributed by atoms with Gasteiger partial charge in [-0.1, -0.05) is 11.6 Å². The molecule has 3 aromatic heterocycles. The van der Waals surface area contributed by atoms with Crippen LogP contribution in [0.5, 0.6) is 5.88 Å². The first-order valence-corrected chi connectivity index (χ1v) is 10.6. The third-order valence-corrected chi connectivity index (χ3v) is 6.47. The van der Waals surface area contributed by atoms with Crippen molar-refractivity contribution in [1.82, 2.24) is 18.9 Å². The normalized spacial score (nSPS) is 21.7. The van der Waals surface area contributed by atoms with Gasteiger partial charge in [-0.2, -0.15) is 13.2 Å². The molecule has 176 valence electrons. The number of aliphatic hydroxyl groups excluding tert-OH is 1. The van der Waals surface area contributed by atoms with Crippen molar-refractivity contribution in [2.24, 2.45) is 0 Å². The Kier molecular flexibility index (Phi) is 4.98. The van der Waals surface area contributed by atoms with Crippen LogP contribution in [0.1, 0.15) is 52.8 Å². The van der Waals surface area contributed by atoms with E-state index in [9.17, 15) is 33.0 Å². The summed E-state index contributed by atoms with van der Waals surface area (Å²) in [4.78, 5) is 30.0. The highest BCUT2D eigenvalue weighted by Gasteiger charge is 2.39. The van der Waals surface area contributed by atoms with Crippen molar-refractivity contribution in [1.29, 1.82) is 0 Å². The highest BCUT2D eigenvalue weighted by molar-refractivity contribution is 6.33. The zero-order valence-electron chi connectivity index (χ0n) is 16.9. The van der Waals surface area contributed by atoms with Crippen LogP contribution in [0.25, 0.3) is 5.65 Å². The van der Waals surface area contributed by atoms with Crippen LogP contribution < -0.4 is 5.76 Å². The average molecular weight is 487 g/mol. The van der Waals surface area contributed by atoms with E-state index < -0.39 is 47.1 Å². The minimum Gasteiger partial charge on any atom is -0.492 e. The zero-order chi connectivity index (χ0) is 23.7. The van der Waals surface area contributed by atoms with E-state index in [0.29, 0.717) is 5.56 Å². The predicted molar refractivity (Wildman–Crippen MR) is 107 cm³/mol. The van der Waals surface area contributed by atoms with Crippen LogP contribution >= 0.6 is 11.6 Å². The number of pyridine rings is 1. The molecule has 2 fully saturated rings. The summed E-state index contributed by atoms with van der Waals surface area (Å²) in [7, 11) is 0. The number of rotatable bonds is 3. The Labute approximate surface area is 188 Å². The number of likely N-dealkylation sites (tertiary alicyclic amines) is 1. The minimum atomic E-state index is -4.68. The van der Waals surface area contributed by atoms with Gasteiger partial charge in [-0.25, -0.2) is 14.3 Å². The lowest BCUT2D eigenvalue weighted by Gasteiger charge is -2.35. The number of carbonyl (C=O) groups is 1. The van der Waals surface area contributed by atoms with Gasteiger partial charge in [-0.05, 0) is 36.8 Å². The van der Waals surface area contributed by atoms with Crippen LogP contribution in [0.3, 0.4) is 0 Å². The lowest BCUT2D eigenvalue weighted by molar-refractivity contribution is -0.136. The van der Waals surface area contributed by atoms with Gasteiger partial charge < -0.3 is 19.5 Å². The largest absolute Gasteiger partial charge is 0.492 e. The van der Waals surface area contributed by atoms with Crippen molar-refractivity contribution in [2.45, 2.75) is 43.5 Å². The van der Waals surface area contributed by atoms with Gasteiger partial charge in [-0.3, -0.25) is 9.20 Å². The van der Waals surface area contributed by atoms with Crippen LogP contribution in [-0.4, -0.2) is 54.2 Å². The highest BCUT2D eigenvalue weighted by Crippen LogP contribution is 2.43. The van der Waals surface area contributed by atoms with Crippen molar-refractivity contribution < 1.29 is 32.6 Å². The molecule has 2 N–H and O–H groups in total. The number of aromatic hydroxyl groups is 1. The molecule has 5 rings (SSSR count). The SMILES string of the molecule is O=C(c1nc2c(C(F)(F)F)cc(C3CC3)cn2c1Cl)N1CC[C@H](n2c(O)coc2=O)[C@@H](O)C1. The Bertz CT molecular complexity index is 1310. The van der Waals surface area contributed by atoms with E-state index in [2.05, 4.69) is 9.40 Å². The van der Waals surface area contributed by atoms with Crippen LogP contribution in [0.2, 0.25) is 5.15 Å². The highest BCUT2D eigenvalue weighted by atomic mass is 35.5. The summed E-state index contributed by atoms with van der Waals surface area (Å²) in [5, 5.41) is 20.0. The number of hydrogen-bond acceptors (Lipinski definition) is 6. The van der Waals surface area contributed by atoms with E-state index in [1.54, 1.807) is 0 Å². The summed E-state index contributed by atoms with van der Waals surface area (Å²) in [6, 6.07) is 0.212. The summed E-state index contributed by atoms with van der Waals surface area (Å²) in [6.07, 6.45) is -1.96. The maximum absolute atomic E-state index is 13.7. The van der Waals surface area contributed by atoms with E-state index in [0.717, 1.165) is 34.1 Å². The van der Waals surface area contributed by atoms with Gasteiger partial charge in [0.2, 0.25) is 5.88 Å². The molecule has 3 aromatic rings. The molecule has 1 amide bonds. The number of nitrogens with zero attached hydrogens (tertiary/aromatic N) is 4. The maximum atomic E-state index is 13.7. The summed E-state index contributed by atoms with van der Waals surface area (Å²) < 4.78 is 47.6. The van der Waals surface area contributed by atoms with E-state index >= 15 is 0 Å². The molecule has 13 heteroatoms. The second-order valence-electron chi connectivity index (χ2n) is 8.31. The Balaban J connectivity index is 1.47. The summed E-state index contributed by atoms with van der Waals surface area (Å²) in [6.45, 7) is -0.203. The number of oxazole rings is 1. The molecule has 2 atom stereocenters. The van der Waals surface area contributed by atoms with Crippen molar-refractivity contribution >= 4 is 23.2 Å². The van der Waals surface area contributed by atoms with Gasteiger partial charge in [0.1, 0.15) is 5.15 Å². The first-order valence-electron chi connectivity index (χ1n) is 10.2. The molecule has 0 aromatic carbocycles. The number of imidazole rings is 1. The summed E-state index contributed by atoms with van der Waals surface area (Å²) in [5.74, 6) is -2.04. The Hall–Kier alpha value is -2.99. The fourth-order valence-electron chi connectivity index (χ4n) is 4.29. The Morgan fingerprint density at radius 3 is 2.58 bits per heavy atom. The molecular weight excluding hydrogens is 469 g/mol. The van der Waals surface area contributed by atoms with Crippen molar-refractivity contribution in [2.75, 3.05) is 13.1 Å². The van der Waals surface area contributed by atoms with E-state index in [-0.39, 0.29) is 36.3 Å². The van der Waals surface area contributed by atoms with Crippen molar-refractivity contribution in [3.05, 3.63) is 51.1 Å². The van der Waals surface area contributed by atoms with Crippen LogP contribution in [0.15, 0.2) is 27.7 Å². The number of piperidine rings is 1. The third kappa shape index (κ3) is 3.66. The smallest absolute Gasteiger partial charge is 0.422 e. The fraction of sp³-hybridized carbons (Fsp3) is 0.450. The Morgan fingerprint density at radius 2 is 2.00 bits per heavy atom. The Morgan fingerprint density at radius 1 is 1.27 bits per heavy atom. The third-order valence-electron chi connectivity index (χ3n) is 6.11. The lowest BCUT2D eigenvalue weighted by atomic mass is 10.0.